The van der Waals surface area contributed by atoms with Crippen LogP contribution in [0.2, 0.25) is 0 Å². The number of benzene rings is 2. The van der Waals surface area contributed by atoms with E-state index < -0.39 is 0 Å². The van der Waals surface area contributed by atoms with Gasteiger partial charge in [0.05, 0.1) is 21.3 Å². The zero-order valence-electron chi connectivity index (χ0n) is 17.0. The average Bonchev–Trinajstić information content (AvgIpc) is 2.77. The van der Waals surface area contributed by atoms with Gasteiger partial charge >= 0.3 is 0 Å². The third-order valence-electron chi connectivity index (χ3n) is 6.06. The molecule has 2 aromatic rings. The van der Waals surface area contributed by atoms with E-state index in [-0.39, 0.29) is 0 Å². The van der Waals surface area contributed by atoms with E-state index >= 15 is 0 Å². The molecule has 4 nitrogen and oxygen atoms in total. The van der Waals surface area contributed by atoms with E-state index in [2.05, 4.69) is 35.2 Å². The van der Waals surface area contributed by atoms with Gasteiger partial charge in [0, 0.05) is 12.6 Å². The maximum atomic E-state index is 5.57. The first kappa shape index (κ1) is 18.9. The number of rotatable bonds is 5. The number of fused-ring (bicyclic) bond motifs is 1. The summed E-state index contributed by atoms with van der Waals surface area (Å²) in [4.78, 5) is 2.65. The van der Waals surface area contributed by atoms with Crippen molar-refractivity contribution < 1.29 is 14.2 Å². The fourth-order valence-corrected chi connectivity index (χ4v) is 4.55. The number of methoxy groups -OCH3 is 3. The second-order valence-corrected chi connectivity index (χ2v) is 7.58. The van der Waals surface area contributed by atoms with Crippen molar-refractivity contribution in [3.05, 3.63) is 53.6 Å². The van der Waals surface area contributed by atoms with Crippen molar-refractivity contribution in [1.82, 2.24) is 4.90 Å². The minimum Gasteiger partial charge on any atom is -0.497 e. The van der Waals surface area contributed by atoms with E-state index in [0.717, 1.165) is 30.2 Å². The lowest BCUT2D eigenvalue weighted by Crippen LogP contribution is -2.43. The molecule has 0 N–H and O–H groups in total. The maximum absolute atomic E-state index is 5.57. The average molecular weight is 380 g/mol. The summed E-state index contributed by atoms with van der Waals surface area (Å²) in [6.45, 7) is 2.17. The van der Waals surface area contributed by atoms with Gasteiger partial charge < -0.3 is 14.2 Å². The lowest BCUT2D eigenvalue weighted by Gasteiger charge is -2.41. The van der Waals surface area contributed by atoms with E-state index in [9.17, 15) is 0 Å². The third-order valence-corrected chi connectivity index (χ3v) is 6.06. The molecule has 0 radical (unpaired) electrons. The molecule has 0 amide bonds. The van der Waals surface area contributed by atoms with Crippen molar-refractivity contribution in [2.24, 2.45) is 0 Å². The highest BCUT2D eigenvalue weighted by Gasteiger charge is 2.31. The standard InChI is InChI=1S/C24H29NO3/c1-26-20-9-6-7-17(13-20)21-15-19-8-4-5-12-25(19)16-22(21)18-10-11-23(27-2)24(14-18)28-3/h6-7,9-11,13-14,19H,4-5,8,12,15-16H2,1-3H3. The van der Waals surface area contributed by atoms with Crippen LogP contribution in [0.15, 0.2) is 42.5 Å². The van der Waals surface area contributed by atoms with Crippen LogP contribution in [-0.4, -0.2) is 45.4 Å². The van der Waals surface area contributed by atoms with E-state index in [1.165, 1.54) is 48.1 Å². The van der Waals surface area contributed by atoms with Gasteiger partial charge in [-0.3, -0.25) is 4.90 Å². The highest BCUT2D eigenvalue weighted by molar-refractivity contribution is 5.93. The third kappa shape index (κ3) is 3.61. The van der Waals surface area contributed by atoms with Crippen molar-refractivity contribution in [1.29, 1.82) is 0 Å². The van der Waals surface area contributed by atoms with Crippen LogP contribution in [0.4, 0.5) is 0 Å². The first-order chi connectivity index (χ1) is 13.7. The Labute approximate surface area is 167 Å². The Morgan fingerprint density at radius 3 is 2.43 bits per heavy atom. The van der Waals surface area contributed by atoms with Gasteiger partial charge in [-0.1, -0.05) is 24.6 Å². The molecule has 0 spiro atoms. The minimum atomic E-state index is 0.638. The number of hydrogen-bond donors (Lipinski definition) is 0. The molecule has 4 rings (SSSR count). The number of nitrogens with zero attached hydrogens (tertiary/aromatic N) is 1. The van der Waals surface area contributed by atoms with Gasteiger partial charge in [0.1, 0.15) is 5.75 Å². The molecule has 28 heavy (non-hydrogen) atoms. The van der Waals surface area contributed by atoms with Gasteiger partial charge in [-0.05, 0) is 72.3 Å². The minimum absolute atomic E-state index is 0.638. The fourth-order valence-electron chi connectivity index (χ4n) is 4.55. The molecule has 2 heterocycles. The summed E-state index contributed by atoms with van der Waals surface area (Å²) in [5.41, 5.74) is 5.27. The smallest absolute Gasteiger partial charge is 0.161 e. The van der Waals surface area contributed by atoms with E-state index in [4.69, 9.17) is 14.2 Å². The Bertz CT molecular complexity index is 874. The fraction of sp³-hybridized carbons (Fsp3) is 0.417. The summed E-state index contributed by atoms with van der Waals surface area (Å²) in [5, 5.41) is 0. The van der Waals surface area contributed by atoms with Crippen LogP contribution < -0.4 is 14.2 Å². The summed E-state index contributed by atoms with van der Waals surface area (Å²) in [5.74, 6) is 2.45. The first-order valence-corrected chi connectivity index (χ1v) is 10.1. The zero-order chi connectivity index (χ0) is 19.5. The molecule has 2 aromatic carbocycles. The predicted octanol–water partition coefficient (Wildman–Crippen LogP) is 4.88. The second-order valence-electron chi connectivity index (χ2n) is 7.58. The molecule has 1 saturated heterocycles. The predicted molar refractivity (Wildman–Crippen MR) is 113 cm³/mol. The molecule has 0 aliphatic carbocycles. The highest BCUT2D eigenvalue weighted by Crippen LogP contribution is 2.41. The van der Waals surface area contributed by atoms with Gasteiger partial charge in [-0.25, -0.2) is 0 Å². The summed E-state index contributed by atoms with van der Waals surface area (Å²) in [6.07, 6.45) is 4.99. The molecular formula is C24H29NO3. The molecule has 1 unspecified atom stereocenters. The van der Waals surface area contributed by atoms with Crippen LogP contribution in [0, 0.1) is 0 Å². The lowest BCUT2D eigenvalue weighted by atomic mass is 9.83. The van der Waals surface area contributed by atoms with Crippen molar-refractivity contribution >= 4 is 11.1 Å². The topological polar surface area (TPSA) is 30.9 Å². The van der Waals surface area contributed by atoms with E-state index in [1.807, 2.05) is 12.1 Å². The second kappa shape index (κ2) is 8.27. The molecule has 0 bridgehead atoms. The van der Waals surface area contributed by atoms with Gasteiger partial charge in [-0.15, -0.1) is 0 Å². The van der Waals surface area contributed by atoms with Crippen molar-refractivity contribution in [3.8, 4) is 17.2 Å². The molecule has 4 heteroatoms. The summed E-state index contributed by atoms with van der Waals surface area (Å²) in [7, 11) is 5.10. The van der Waals surface area contributed by atoms with Gasteiger partial charge in [0.2, 0.25) is 0 Å². The Morgan fingerprint density at radius 2 is 1.64 bits per heavy atom. The normalized spacial score (nSPS) is 19.9. The summed E-state index contributed by atoms with van der Waals surface area (Å²) in [6, 6.07) is 15.4. The molecule has 1 atom stereocenters. The highest BCUT2D eigenvalue weighted by atomic mass is 16.5. The van der Waals surface area contributed by atoms with E-state index in [1.54, 1.807) is 21.3 Å². The molecule has 1 fully saturated rings. The van der Waals surface area contributed by atoms with Crippen LogP contribution in [0.5, 0.6) is 17.2 Å². The van der Waals surface area contributed by atoms with Crippen LogP contribution in [0.3, 0.4) is 0 Å². The molecular weight excluding hydrogens is 350 g/mol. The van der Waals surface area contributed by atoms with Gasteiger partial charge in [-0.2, -0.15) is 0 Å². The van der Waals surface area contributed by atoms with Crippen molar-refractivity contribution in [3.63, 3.8) is 0 Å². The van der Waals surface area contributed by atoms with E-state index in [0.29, 0.717) is 6.04 Å². The Balaban J connectivity index is 1.83. The summed E-state index contributed by atoms with van der Waals surface area (Å²) >= 11 is 0. The molecule has 148 valence electrons. The quantitative estimate of drug-likeness (QED) is 0.741. The van der Waals surface area contributed by atoms with Crippen molar-refractivity contribution in [2.75, 3.05) is 34.4 Å². The lowest BCUT2D eigenvalue weighted by molar-refractivity contribution is 0.165. The first-order valence-electron chi connectivity index (χ1n) is 10.1. The van der Waals surface area contributed by atoms with Gasteiger partial charge in [0.15, 0.2) is 11.5 Å². The Morgan fingerprint density at radius 1 is 0.821 bits per heavy atom. The summed E-state index contributed by atoms with van der Waals surface area (Å²) < 4.78 is 16.5. The van der Waals surface area contributed by atoms with Gasteiger partial charge in [0.25, 0.3) is 0 Å². The number of hydrogen-bond acceptors (Lipinski definition) is 4. The van der Waals surface area contributed by atoms with Crippen LogP contribution in [-0.2, 0) is 0 Å². The maximum Gasteiger partial charge on any atom is 0.161 e. The number of ether oxygens (including phenoxy) is 3. The molecule has 0 saturated carbocycles. The molecule has 2 aliphatic heterocycles. The van der Waals surface area contributed by atoms with Crippen molar-refractivity contribution in [2.45, 2.75) is 31.7 Å². The Kier molecular flexibility index (Phi) is 5.58. The number of piperidine rings is 1. The monoisotopic (exact) mass is 379 g/mol. The zero-order valence-corrected chi connectivity index (χ0v) is 17.0. The van der Waals surface area contributed by atoms with Crippen LogP contribution in [0.25, 0.3) is 11.1 Å². The van der Waals surface area contributed by atoms with Crippen LogP contribution >= 0.6 is 0 Å². The molecule has 0 aromatic heterocycles. The Hall–Kier alpha value is -2.46. The van der Waals surface area contributed by atoms with Crippen LogP contribution in [0.1, 0.15) is 36.8 Å². The molecule has 2 aliphatic rings. The largest absolute Gasteiger partial charge is 0.497 e. The SMILES string of the molecule is COc1cccc(C2=C(c3ccc(OC)c(OC)c3)CN3CCCCC3C2)c1.